The van der Waals surface area contributed by atoms with E-state index in [1.807, 2.05) is 0 Å². The predicted molar refractivity (Wildman–Crippen MR) is 76.7 cm³/mol. The van der Waals surface area contributed by atoms with Gasteiger partial charge in [-0.05, 0) is 32.0 Å². The monoisotopic (exact) mass is 325 g/mol. The maximum Gasteiger partial charge on any atom is 0.254 e. The number of anilines is 1. The van der Waals surface area contributed by atoms with Gasteiger partial charge in [0.25, 0.3) is 5.91 Å². The second-order valence-corrected chi connectivity index (χ2v) is 5.96. The predicted octanol–water partition coefficient (Wildman–Crippen LogP) is 1.38. The number of amides is 2. The average molecular weight is 326 g/mol. The molecule has 0 radical (unpaired) electrons. The highest BCUT2D eigenvalue weighted by Gasteiger charge is 2.40. The minimum Gasteiger partial charge on any atom is -0.399 e. The smallest absolute Gasteiger partial charge is 0.254 e. The normalized spacial score (nSPS) is 18.1. The van der Waals surface area contributed by atoms with E-state index in [1.165, 1.54) is 0 Å². The molecule has 1 aliphatic heterocycles. The second kappa shape index (κ2) is 4.85. The Bertz CT molecular complexity index is 522. The number of benzene rings is 1. The summed E-state index contributed by atoms with van der Waals surface area (Å²) in [4.78, 5) is 26.0. The molecule has 19 heavy (non-hydrogen) atoms. The number of hydrogen-bond donors (Lipinski definition) is 2. The summed E-state index contributed by atoms with van der Waals surface area (Å²) in [6.45, 7) is 4.43. The van der Waals surface area contributed by atoms with E-state index in [1.54, 1.807) is 36.9 Å². The molecule has 5 nitrogen and oxygen atoms in total. The van der Waals surface area contributed by atoms with E-state index < -0.39 is 5.54 Å². The zero-order valence-corrected chi connectivity index (χ0v) is 12.5. The van der Waals surface area contributed by atoms with E-state index in [4.69, 9.17) is 5.73 Å². The van der Waals surface area contributed by atoms with Crippen LogP contribution in [0.3, 0.4) is 0 Å². The van der Waals surface area contributed by atoms with Crippen molar-refractivity contribution in [3.05, 3.63) is 28.2 Å². The molecule has 0 saturated carbocycles. The van der Waals surface area contributed by atoms with Gasteiger partial charge < -0.3 is 16.0 Å². The molecule has 1 aliphatic rings. The van der Waals surface area contributed by atoms with Crippen molar-refractivity contribution in [3.8, 4) is 0 Å². The quantitative estimate of drug-likeness (QED) is 0.766. The Hall–Kier alpha value is -1.56. The van der Waals surface area contributed by atoms with E-state index in [0.29, 0.717) is 24.3 Å². The lowest BCUT2D eigenvalue weighted by Crippen LogP contribution is -2.63. The Balaban J connectivity index is 2.35. The number of nitrogen functional groups attached to an aromatic ring is 1. The number of nitrogens with two attached hydrogens (primary N) is 1. The molecule has 1 saturated heterocycles. The molecule has 1 aromatic rings. The first-order valence-electron chi connectivity index (χ1n) is 5.98. The van der Waals surface area contributed by atoms with Crippen molar-refractivity contribution >= 4 is 33.4 Å². The Morgan fingerprint density at radius 1 is 1.42 bits per heavy atom. The molecule has 0 aliphatic carbocycles. The number of carbonyl (C=O) groups excluding carboxylic acids is 2. The Morgan fingerprint density at radius 3 is 2.74 bits per heavy atom. The van der Waals surface area contributed by atoms with Crippen molar-refractivity contribution in [2.45, 2.75) is 19.4 Å². The van der Waals surface area contributed by atoms with Crippen LogP contribution in [0.4, 0.5) is 5.69 Å². The van der Waals surface area contributed by atoms with Gasteiger partial charge in [-0.1, -0.05) is 15.9 Å². The minimum absolute atomic E-state index is 0.143. The first kappa shape index (κ1) is 13.9. The van der Waals surface area contributed by atoms with E-state index >= 15 is 0 Å². The maximum absolute atomic E-state index is 12.5. The zero-order chi connectivity index (χ0) is 14.2. The highest BCUT2D eigenvalue weighted by molar-refractivity contribution is 9.10. The molecule has 1 aromatic carbocycles. The van der Waals surface area contributed by atoms with Crippen LogP contribution in [0.15, 0.2) is 22.7 Å². The van der Waals surface area contributed by atoms with Crippen molar-refractivity contribution in [1.29, 1.82) is 0 Å². The first-order chi connectivity index (χ1) is 8.82. The molecular weight excluding hydrogens is 310 g/mol. The standard InChI is InChI=1S/C13H16BrN3O2/c1-13(2)12(19)16-3-4-17(13)11(18)8-5-9(14)7-10(15)6-8/h5-7H,3-4,15H2,1-2H3,(H,16,19). The highest BCUT2D eigenvalue weighted by atomic mass is 79.9. The molecule has 0 atom stereocenters. The van der Waals surface area contributed by atoms with Crippen LogP contribution in [-0.2, 0) is 4.79 Å². The molecule has 0 aromatic heterocycles. The van der Waals surface area contributed by atoms with Gasteiger partial charge in [0, 0.05) is 28.8 Å². The van der Waals surface area contributed by atoms with Gasteiger partial charge in [-0.15, -0.1) is 0 Å². The average Bonchev–Trinajstić information content (AvgIpc) is 2.30. The summed E-state index contributed by atoms with van der Waals surface area (Å²) >= 11 is 3.32. The van der Waals surface area contributed by atoms with Crippen LogP contribution >= 0.6 is 15.9 Å². The van der Waals surface area contributed by atoms with Gasteiger partial charge in [-0.25, -0.2) is 0 Å². The van der Waals surface area contributed by atoms with Crippen LogP contribution in [0.1, 0.15) is 24.2 Å². The fourth-order valence-electron chi connectivity index (χ4n) is 2.15. The highest BCUT2D eigenvalue weighted by Crippen LogP contribution is 2.23. The lowest BCUT2D eigenvalue weighted by molar-refractivity contribution is -0.133. The molecule has 0 spiro atoms. The molecule has 0 bridgehead atoms. The van der Waals surface area contributed by atoms with Crippen LogP contribution in [0.2, 0.25) is 0 Å². The summed E-state index contributed by atoms with van der Waals surface area (Å²) in [5, 5.41) is 2.76. The molecule has 2 rings (SSSR count). The summed E-state index contributed by atoms with van der Waals surface area (Å²) < 4.78 is 0.745. The third-order valence-corrected chi connectivity index (χ3v) is 3.72. The Kier molecular flexibility index (Phi) is 3.54. The third-order valence-electron chi connectivity index (χ3n) is 3.26. The number of piperazine rings is 1. The van der Waals surface area contributed by atoms with Gasteiger partial charge in [0.15, 0.2) is 0 Å². The van der Waals surface area contributed by atoms with Gasteiger partial charge in [0.05, 0.1) is 0 Å². The number of halogens is 1. The molecule has 1 heterocycles. The van der Waals surface area contributed by atoms with Crippen molar-refractivity contribution < 1.29 is 9.59 Å². The Labute approximate surface area is 120 Å². The summed E-state index contributed by atoms with van der Waals surface area (Å²) in [5.74, 6) is -0.331. The Morgan fingerprint density at radius 2 is 2.11 bits per heavy atom. The first-order valence-corrected chi connectivity index (χ1v) is 6.78. The van der Waals surface area contributed by atoms with Crippen molar-refractivity contribution in [1.82, 2.24) is 10.2 Å². The van der Waals surface area contributed by atoms with Crippen LogP contribution in [-0.4, -0.2) is 35.3 Å². The fraction of sp³-hybridized carbons (Fsp3) is 0.385. The van der Waals surface area contributed by atoms with Crippen molar-refractivity contribution in [3.63, 3.8) is 0 Å². The maximum atomic E-state index is 12.5. The lowest BCUT2D eigenvalue weighted by Gasteiger charge is -2.41. The van der Waals surface area contributed by atoms with Crippen molar-refractivity contribution in [2.24, 2.45) is 0 Å². The van der Waals surface area contributed by atoms with E-state index in [-0.39, 0.29) is 11.8 Å². The van der Waals surface area contributed by atoms with Gasteiger partial charge in [-0.3, -0.25) is 9.59 Å². The van der Waals surface area contributed by atoms with Gasteiger partial charge in [-0.2, -0.15) is 0 Å². The van der Waals surface area contributed by atoms with Crippen LogP contribution in [0.25, 0.3) is 0 Å². The topological polar surface area (TPSA) is 75.4 Å². The third kappa shape index (κ3) is 2.58. The van der Waals surface area contributed by atoms with Crippen LogP contribution in [0, 0.1) is 0 Å². The molecule has 6 heteroatoms. The summed E-state index contributed by atoms with van der Waals surface area (Å²) in [7, 11) is 0. The van der Waals surface area contributed by atoms with E-state index in [9.17, 15) is 9.59 Å². The lowest BCUT2D eigenvalue weighted by atomic mass is 9.97. The number of hydrogen-bond acceptors (Lipinski definition) is 3. The number of carbonyl (C=O) groups is 2. The molecule has 2 amide bonds. The van der Waals surface area contributed by atoms with Crippen LogP contribution in [0.5, 0.6) is 0 Å². The molecule has 1 fully saturated rings. The summed E-state index contributed by atoms with van der Waals surface area (Å²) in [6.07, 6.45) is 0. The SMILES string of the molecule is CC1(C)C(=O)NCCN1C(=O)c1cc(N)cc(Br)c1. The minimum atomic E-state index is -0.855. The van der Waals surface area contributed by atoms with E-state index in [2.05, 4.69) is 21.2 Å². The second-order valence-electron chi connectivity index (χ2n) is 5.04. The van der Waals surface area contributed by atoms with Gasteiger partial charge in [0.1, 0.15) is 5.54 Å². The number of nitrogens with zero attached hydrogens (tertiary/aromatic N) is 1. The van der Waals surface area contributed by atoms with Crippen molar-refractivity contribution in [2.75, 3.05) is 18.8 Å². The fourth-order valence-corrected chi connectivity index (χ4v) is 2.66. The van der Waals surface area contributed by atoms with E-state index in [0.717, 1.165) is 4.47 Å². The zero-order valence-electron chi connectivity index (χ0n) is 10.9. The molecule has 3 N–H and O–H groups in total. The molecular formula is C13H16BrN3O2. The molecule has 0 unspecified atom stereocenters. The number of nitrogens with one attached hydrogen (secondary N) is 1. The largest absolute Gasteiger partial charge is 0.399 e. The number of rotatable bonds is 1. The summed E-state index contributed by atoms with van der Waals surface area (Å²) in [6, 6.07) is 5.06. The molecule has 102 valence electrons. The van der Waals surface area contributed by atoms with Gasteiger partial charge >= 0.3 is 0 Å². The van der Waals surface area contributed by atoms with Gasteiger partial charge in [0.2, 0.25) is 5.91 Å². The summed E-state index contributed by atoms with van der Waals surface area (Å²) in [5.41, 5.74) is 5.88. The van der Waals surface area contributed by atoms with Crippen LogP contribution < -0.4 is 11.1 Å².